The number of benzene rings is 2. The van der Waals surface area contributed by atoms with Gasteiger partial charge in [-0.3, -0.25) is 0 Å². The molecular weight excluding hydrogens is 354 g/mol. The molecule has 4 rings (SSSR count). The van der Waals surface area contributed by atoms with Crippen LogP contribution in [-0.4, -0.2) is 40.0 Å². The van der Waals surface area contributed by atoms with Gasteiger partial charge in [0, 0.05) is 18.5 Å². The smallest absolute Gasteiger partial charge is 0.161 e. The van der Waals surface area contributed by atoms with Crippen LogP contribution in [0.1, 0.15) is 31.2 Å². The van der Waals surface area contributed by atoms with Crippen molar-refractivity contribution in [3.63, 3.8) is 0 Å². The Labute approximate surface area is 166 Å². The van der Waals surface area contributed by atoms with E-state index in [0.29, 0.717) is 6.61 Å². The minimum atomic E-state index is 0.0266. The highest BCUT2D eigenvalue weighted by atomic mass is 16.6. The van der Waals surface area contributed by atoms with E-state index in [1.54, 1.807) is 14.2 Å². The Hall–Kier alpha value is -2.40. The van der Waals surface area contributed by atoms with E-state index in [-0.39, 0.29) is 11.5 Å². The Morgan fingerprint density at radius 3 is 2.50 bits per heavy atom. The Balaban J connectivity index is 1.42. The highest BCUT2D eigenvalue weighted by Gasteiger charge is 2.36. The zero-order valence-corrected chi connectivity index (χ0v) is 16.7. The third-order valence-electron chi connectivity index (χ3n) is 5.96. The van der Waals surface area contributed by atoms with Gasteiger partial charge in [0.1, 0.15) is 12.7 Å². The van der Waals surface area contributed by atoms with Gasteiger partial charge in [-0.1, -0.05) is 31.0 Å². The molecule has 0 saturated heterocycles. The van der Waals surface area contributed by atoms with E-state index in [2.05, 4.69) is 17.4 Å². The maximum absolute atomic E-state index is 6.08. The van der Waals surface area contributed by atoms with Crippen LogP contribution in [0.3, 0.4) is 0 Å². The van der Waals surface area contributed by atoms with Crippen molar-refractivity contribution in [3.8, 4) is 23.0 Å². The predicted octanol–water partition coefficient (Wildman–Crippen LogP) is 3.95. The quantitative estimate of drug-likeness (QED) is 0.785. The van der Waals surface area contributed by atoms with E-state index in [1.807, 2.05) is 30.3 Å². The van der Waals surface area contributed by atoms with Gasteiger partial charge in [0.2, 0.25) is 0 Å². The topological polar surface area (TPSA) is 49.0 Å². The van der Waals surface area contributed by atoms with E-state index in [0.717, 1.165) is 36.1 Å². The van der Waals surface area contributed by atoms with E-state index in [9.17, 15) is 0 Å². The predicted molar refractivity (Wildman–Crippen MR) is 109 cm³/mol. The molecule has 1 aliphatic heterocycles. The van der Waals surface area contributed by atoms with Gasteiger partial charge in [-0.05, 0) is 42.7 Å². The van der Waals surface area contributed by atoms with Crippen molar-refractivity contribution in [1.82, 2.24) is 5.32 Å². The Bertz CT molecular complexity index is 801. The third-order valence-corrected chi connectivity index (χ3v) is 5.96. The number of nitrogens with one attached hydrogen (secondary N) is 1. The zero-order chi connectivity index (χ0) is 19.4. The van der Waals surface area contributed by atoms with Crippen LogP contribution >= 0.6 is 0 Å². The van der Waals surface area contributed by atoms with Crippen LogP contribution in [0, 0.1) is 0 Å². The average molecular weight is 383 g/mol. The monoisotopic (exact) mass is 383 g/mol. The van der Waals surface area contributed by atoms with Gasteiger partial charge in [-0.25, -0.2) is 0 Å². The molecule has 1 aliphatic carbocycles. The lowest BCUT2D eigenvalue weighted by molar-refractivity contribution is 0.0891. The molecule has 5 nitrogen and oxygen atoms in total. The molecule has 2 aliphatic rings. The summed E-state index contributed by atoms with van der Waals surface area (Å²) < 4.78 is 22.8. The molecule has 2 aromatic rings. The molecule has 150 valence electrons. The summed E-state index contributed by atoms with van der Waals surface area (Å²) >= 11 is 0. The second kappa shape index (κ2) is 8.31. The van der Waals surface area contributed by atoms with Crippen molar-refractivity contribution in [2.24, 2.45) is 0 Å². The van der Waals surface area contributed by atoms with Gasteiger partial charge in [0.25, 0.3) is 0 Å². The first-order valence-corrected chi connectivity index (χ1v) is 10.1. The molecule has 1 fully saturated rings. The van der Waals surface area contributed by atoms with E-state index >= 15 is 0 Å². The zero-order valence-electron chi connectivity index (χ0n) is 16.7. The fraction of sp³-hybridized carbons (Fsp3) is 0.478. The summed E-state index contributed by atoms with van der Waals surface area (Å²) in [5.41, 5.74) is 1.45. The lowest BCUT2D eigenvalue weighted by atomic mass is 9.78. The molecule has 1 saturated carbocycles. The number of fused-ring (bicyclic) bond motifs is 1. The molecular formula is C23H29NO4. The number of methoxy groups -OCH3 is 2. The summed E-state index contributed by atoms with van der Waals surface area (Å²) in [6.07, 6.45) is 4.90. The lowest BCUT2D eigenvalue weighted by Gasteiger charge is -2.32. The van der Waals surface area contributed by atoms with Crippen LogP contribution in [0.2, 0.25) is 0 Å². The van der Waals surface area contributed by atoms with Crippen molar-refractivity contribution in [3.05, 3.63) is 48.0 Å². The Morgan fingerprint density at radius 1 is 1.00 bits per heavy atom. The van der Waals surface area contributed by atoms with Crippen LogP contribution < -0.4 is 24.3 Å². The minimum absolute atomic E-state index is 0.0266. The maximum atomic E-state index is 6.08. The molecule has 2 aromatic carbocycles. The number of rotatable bonds is 7. The van der Waals surface area contributed by atoms with Gasteiger partial charge >= 0.3 is 0 Å². The van der Waals surface area contributed by atoms with Crippen molar-refractivity contribution in [1.29, 1.82) is 0 Å². The van der Waals surface area contributed by atoms with Crippen molar-refractivity contribution < 1.29 is 18.9 Å². The van der Waals surface area contributed by atoms with Crippen molar-refractivity contribution >= 4 is 0 Å². The number of ether oxygens (including phenoxy) is 4. The SMILES string of the molecule is COc1ccc(C2(CNC[C@H]3COc4ccccc4O3)CCCC2)cc1OC. The normalized spacial score (nSPS) is 20.0. The van der Waals surface area contributed by atoms with E-state index in [4.69, 9.17) is 18.9 Å². The van der Waals surface area contributed by atoms with Crippen molar-refractivity contribution in [2.45, 2.75) is 37.2 Å². The van der Waals surface area contributed by atoms with Crippen LogP contribution in [0.4, 0.5) is 0 Å². The second-order valence-electron chi connectivity index (χ2n) is 7.69. The molecule has 0 bridgehead atoms. The second-order valence-corrected chi connectivity index (χ2v) is 7.69. The molecule has 1 heterocycles. The summed E-state index contributed by atoms with van der Waals surface area (Å²) in [6.45, 7) is 2.26. The largest absolute Gasteiger partial charge is 0.493 e. The first-order chi connectivity index (χ1) is 13.7. The molecule has 1 N–H and O–H groups in total. The Kier molecular flexibility index (Phi) is 5.62. The summed E-state index contributed by atoms with van der Waals surface area (Å²) in [4.78, 5) is 0. The molecule has 0 aromatic heterocycles. The number of hydrogen-bond acceptors (Lipinski definition) is 5. The number of para-hydroxylation sites is 2. The van der Waals surface area contributed by atoms with Gasteiger partial charge in [-0.15, -0.1) is 0 Å². The van der Waals surface area contributed by atoms with Crippen LogP contribution in [0.15, 0.2) is 42.5 Å². The molecule has 0 spiro atoms. The van der Waals surface area contributed by atoms with Gasteiger partial charge in [0.15, 0.2) is 23.0 Å². The average Bonchev–Trinajstić information content (AvgIpc) is 3.23. The molecule has 5 heteroatoms. The summed E-state index contributed by atoms with van der Waals surface area (Å²) in [5.74, 6) is 3.23. The molecule has 28 heavy (non-hydrogen) atoms. The molecule has 1 atom stereocenters. The fourth-order valence-electron chi connectivity index (χ4n) is 4.42. The first kappa shape index (κ1) is 18.9. The van der Waals surface area contributed by atoms with Gasteiger partial charge in [-0.2, -0.15) is 0 Å². The first-order valence-electron chi connectivity index (χ1n) is 10.1. The Morgan fingerprint density at radius 2 is 1.75 bits per heavy atom. The van der Waals surface area contributed by atoms with Crippen LogP contribution in [0.25, 0.3) is 0 Å². The van der Waals surface area contributed by atoms with Crippen molar-refractivity contribution in [2.75, 3.05) is 33.9 Å². The summed E-state index contributed by atoms with van der Waals surface area (Å²) in [6, 6.07) is 14.2. The van der Waals surface area contributed by atoms with E-state index < -0.39 is 0 Å². The van der Waals surface area contributed by atoms with Gasteiger partial charge < -0.3 is 24.3 Å². The molecule has 0 radical (unpaired) electrons. The lowest BCUT2D eigenvalue weighted by Crippen LogP contribution is -2.43. The summed E-state index contributed by atoms with van der Waals surface area (Å²) in [7, 11) is 3.37. The van der Waals surface area contributed by atoms with Crippen LogP contribution in [0.5, 0.6) is 23.0 Å². The minimum Gasteiger partial charge on any atom is -0.493 e. The maximum Gasteiger partial charge on any atom is 0.161 e. The molecule has 0 unspecified atom stereocenters. The highest BCUT2D eigenvalue weighted by Crippen LogP contribution is 2.43. The molecule has 0 amide bonds. The highest BCUT2D eigenvalue weighted by molar-refractivity contribution is 5.46. The summed E-state index contributed by atoms with van der Waals surface area (Å²) in [5, 5.41) is 3.66. The van der Waals surface area contributed by atoms with Gasteiger partial charge in [0.05, 0.1) is 14.2 Å². The number of hydrogen-bond donors (Lipinski definition) is 1. The van der Waals surface area contributed by atoms with E-state index in [1.165, 1.54) is 31.2 Å². The standard InChI is InChI=1S/C23H29NO4/c1-25-19-10-9-17(13-22(19)26-2)23(11-5-6-12-23)16-24-14-18-15-27-20-7-3-4-8-21(20)28-18/h3-4,7-10,13,18,24H,5-6,11-12,14-16H2,1-2H3/t18-/m0/s1. The third kappa shape index (κ3) is 3.76. The van der Waals surface area contributed by atoms with Crippen LogP contribution in [-0.2, 0) is 5.41 Å². The fourth-order valence-corrected chi connectivity index (χ4v) is 4.42.